The molecule has 0 saturated carbocycles. The van der Waals surface area contributed by atoms with Gasteiger partial charge in [0.05, 0.1) is 5.56 Å². The molecule has 0 bridgehead atoms. The van der Waals surface area contributed by atoms with Crippen LogP contribution >= 0.6 is 0 Å². The lowest BCUT2D eigenvalue weighted by molar-refractivity contribution is -0.135. The third-order valence-corrected chi connectivity index (χ3v) is 3.69. The molecular formula is C16H20FNO3. The Hall–Kier alpha value is -1.91. The smallest absolute Gasteiger partial charge is 0.260 e. The molecule has 4 nitrogen and oxygen atoms in total. The Labute approximate surface area is 123 Å². The van der Waals surface area contributed by atoms with Crippen LogP contribution in [0.3, 0.4) is 0 Å². The van der Waals surface area contributed by atoms with Gasteiger partial charge in [-0.1, -0.05) is 6.92 Å². The van der Waals surface area contributed by atoms with E-state index in [1.54, 1.807) is 4.90 Å². The van der Waals surface area contributed by atoms with Crippen LogP contribution in [0.15, 0.2) is 18.2 Å². The van der Waals surface area contributed by atoms with Gasteiger partial charge >= 0.3 is 0 Å². The van der Waals surface area contributed by atoms with Crippen molar-refractivity contribution < 1.29 is 18.7 Å². The maximum absolute atomic E-state index is 13.6. The number of ether oxygens (including phenoxy) is 1. The van der Waals surface area contributed by atoms with Crippen LogP contribution in [0.25, 0.3) is 0 Å². The second-order valence-electron chi connectivity index (χ2n) is 5.57. The summed E-state index contributed by atoms with van der Waals surface area (Å²) in [5, 5.41) is 0. The fourth-order valence-electron chi connectivity index (χ4n) is 2.52. The highest BCUT2D eigenvalue weighted by Crippen LogP contribution is 2.18. The van der Waals surface area contributed by atoms with Gasteiger partial charge in [-0.05, 0) is 37.8 Å². The summed E-state index contributed by atoms with van der Waals surface area (Å²) in [7, 11) is 0. The fraction of sp³-hybridized carbons (Fsp3) is 0.500. The minimum Gasteiger partial charge on any atom is -0.484 e. The quantitative estimate of drug-likeness (QED) is 0.802. The van der Waals surface area contributed by atoms with Crippen molar-refractivity contribution in [3.63, 3.8) is 0 Å². The highest BCUT2D eigenvalue weighted by Gasteiger charge is 2.21. The number of Topliss-reactive ketones (excluding diaryl/α,β-unsaturated/α-hetero) is 1. The zero-order chi connectivity index (χ0) is 15.4. The minimum atomic E-state index is -0.626. The van der Waals surface area contributed by atoms with Crippen molar-refractivity contribution in [2.24, 2.45) is 5.92 Å². The third kappa shape index (κ3) is 4.03. The Balaban J connectivity index is 1.92. The van der Waals surface area contributed by atoms with Crippen LogP contribution < -0.4 is 4.74 Å². The SMILES string of the molecule is CC(=O)c1ccc(OCC(=O)N2CCC[C@H](C)C2)cc1F. The highest BCUT2D eigenvalue weighted by atomic mass is 19.1. The van der Waals surface area contributed by atoms with E-state index < -0.39 is 5.82 Å². The molecule has 21 heavy (non-hydrogen) atoms. The van der Waals surface area contributed by atoms with E-state index in [1.165, 1.54) is 19.1 Å². The van der Waals surface area contributed by atoms with Crippen molar-refractivity contribution in [2.75, 3.05) is 19.7 Å². The number of ketones is 1. The van der Waals surface area contributed by atoms with Crippen molar-refractivity contribution >= 4 is 11.7 Å². The number of likely N-dealkylation sites (tertiary alicyclic amines) is 1. The van der Waals surface area contributed by atoms with E-state index in [9.17, 15) is 14.0 Å². The first-order chi connectivity index (χ1) is 9.97. The van der Waals surface area contributed by atoms with E-state index in [0.717, 1.165) is 32.0 Å². The molecule has 114 valence electrons. The van der Waals surface area contributed by atoms with Gasteiger partial charge in [-0.2, -0.15) is 0 Å². The summed E-state index contributed by atoms with van der Waals surface area (Å²) in [5.74, 6) is -0.278. The lowest BCUT2D eigenvalue weighted by atomic mass is 10.0. The van der Waals surface area contributed by atoms with Gasteiger partial charge in [-0.15, -0.1) is 0 Å². The first-order valence-corrected chi connectivity index (χ1v) is 7.18. The molecule has 0 aliphatic carbocycles. The number of rotatable bonds is 4. The summed E-state index contributed by atoms with van der Waals surface area (Å²) in [6.07, 6.45) is 2.15. The molecule has 0 N–H and O–H groups in total. The van der Waals surface area contributed by atoms with Crippen LogP contribution in [0.2, 0.25) is 0 Å². The molecule has 2 rings (SSSR count). The molecule has 0 unspecified atom stereocenters. The van der Waals surface area contributed by atoms with E-state index in [2.05, 4.69) is 6.92 Å². The van der Waals surface area contributed by atoms with E-state index in [1.807, 2.05) is 0 Å². The van der Waals surface area contributed by atoms with E-state index in [0.29, 0.717) is 5.92 Å². The zero-order valence-electron chi connectivity index (χ0n) is 12.4. The van der Waals surface area contributed by atoms with Crippen molar-refractivity contribution in [1.82, 2.24) is 4.90 Å². The number of hydrogen-bond donors (Lipinski definition) is 0. The molecule has 0 aromatic heterocycles. The molecule has 1 heterocycles. The first kappa shape index (κ1) is 15.5. The maximum Gasteiger partial charge on any atom is 0.260 e. The average molecular weight is 293 g/mol. The van der Waals surface area contributed by atoms with Gasteiger partial charge in [0, 0.05) is 19.2 Å². The third-order valence-electron chi connectivity index (χ3n) is 3.69. The standard InChI is InChI=1S/C16H20FNO3/c1-11-4-3-7-18(9-11)16(20)10-21-13-5-6-14(12(2)19)15(17)8-13/h5-6,8,11H,3-4,7,9-10H2,1-2H3/t11-/m0/s1. The number of benzene rings is 1. The van der Waals surface area contributed by atoms with Crippen molar-refractivity contribution in [3.8, 4) is 5.75 Å². The fourth-order valence-corrected chi connectivity index (χ4v) is 2.52. The lowest BCUT2D eigenvalue weighted by Crippen LogP contribution is -2.41. The van der Waals surface area contributed by atoms with Gasteiger partial charge in [0.2, 0.25) is 0 Å². The number of nitrogens with zero attached hydrogens (tertiary/aromatic N) is 1. The molecular weight excluding hydrogens is 273 g/mol. The van der Waals surface area contributed by atoms with Crippen LogP contribution in [0, 0.1) is 11.7 Å². The number of halogens is 1. The number of piperidine rings is 1. The summed E-state index contributed by atoms with van der Waals surface area (Å²) in [4.78, 5) is 25.0. The summed E-state index contributed by atoms with van der Waals surface area (Å²) in [5.41, 5.74) is 0.0264. The normalized spacial score (nSPS) is 18.4. The molecule has 0 spiro atoms. The van der Waals surface area contributed by atoms with Gasteiger partial charge in [-0.25, -0.2) is 4.39 Å². The highest BCUT2D eigenvalue weighted by molar-refractivity contribution is 5.94. The summed E-state index contributed by atoms with van der Waals surface area (Å²) < 4.78 is 19.0. The molecule has 1 fully saturated rings. The Morgan fingerprint density at radius 1 is 1.43 bits per heavy atom. The van der Waals surface area contributed by atoms with Crippen molar-refractivity contribution in [1.29, 1.82) is 0 Å². The second-order valence-corrected chi connectivity index (χ2v) is 5.57. The first-order valence-electron chi connectivity index (χ1n) is 7.18. The number of hydrogen-bond acceptors (Lipinski definition) is 3. The second kappa shape index (κ2) is 6.70. The Morgan fingerprint density at radius 3 is 2.81 bits per heavy atom. The van der Waals surface area contributed by atoms with E-state index in [4.69, 9.17) is 4.74 Å². The van der Waals surface area contributed by atoms with E-state index in [-0.39, 0.29) is 29.6 Å². The summed E-state index contributed by atoms with van der Waals surface area (Å²) >= 11 is 0. The number of carbonyl (C=O) groups is 2. The van der Waals surface area contributed by atoms with E-state index >= 15 is 0 Å². The average Bonchev–Trinajstić information content (AvgIpc) is 2.44. The molecule has 1 aliphatic rings. The predicted octanol–water partition coefficient (Wildman–Crippen LogP) is 2.67. The van der Waals surface area contributed by atoms with Crippen molar-refractivity contribution in [2.45, 2.75) is 26.7 Å². The summed E-state index contributed by atoms with van der Waals surface area (Å²) in [6.45, 7) is 4.83. The van der Waals surface area contributed by atoms with Gasteiger partial charge in [-0.3, -0.25) is 9.59 Å². The Morgan fingerprint density at radius 2 is 2.19 bits per heavy atom. The largest absolute Gasteiger partial charge is 0.484 e. The molecule has 1 atom stereocenters. The number of carbonyl (C=O) groups excluding carboxylic acids is 2. The Kier molecular flexibility index (Phi) is 4.94. The molecule has 0 radical (unpaired) electrons. The van der Waals surface area contributed by atoms with Gasteiger partial charge in [0.15, 0.2) is 12.4 Å². The predicted molar refractivity (Wildman–Crippen MR) is 76.9 cm³/mol. The van der Waals surface area contributed by atoms with Gasteiger partial charge in [0.1, 0.15) is 11.6 Å². The van der Waals surface area contributed by atoms with Crippen LogP contribution in [0.5, 0.6) is 5.75 Å². The Bertz CT molecular complexity index is 544. The van der Waals surface area contributed by atoms with Gasteiger partial charge in [0.25, 0.3) is 5.91 Å². The maximum atomic E-state index is 13.6. The molecule has 1 amide bonds. The molecule has 1 aromatic rings. The van der Waals surface area contributed by atoms with Crippen molar-refractivity contribution in [3.05, 3.63) is 29.6 Å². The van der Waals surface area contributed by atoms with Crippen LogP contribution in [0.4, 0.5) is 4.39 Å². The summed E-state index contributed by atoms with van der Waals surface area (Å²) in [6, 6.07) is 4.02. The molecule has 1 aliphatic heterocycles. The van der Waals surface area contributed by atoms with Gasteiger partial charge < -0.3 is 9.64 Å². The molecule has 5 heteroatoms. The lowest BCUT2D eigenvalue weighted by Gasteiger charge is -2.30. The topological polar surface area (TPSA) is 46.6 Å². The number of amides is 1. The molecule has 1 saturated heterocycles. The zero-order valence-corrected chi connectivity index (χ0v) is 12.4. The van der Waals surface area contributed by atoms with Crippen LogP contribution in [-0.2, 0) is 4.79 Å². The monoisotopic (exact) mass is 293 g/mol. The minimum absolute atomic E-state index is 0.0264. The van der Waals surface area contributed by atoms with Crippen LogP contribution in [-0.4, -0.2) is 36.3 Å². The molecule has 1 aromatic carbocycles. The van der Waals surface area contributed by atoms with Crippen LogP contribution in [0.1, 0.15) is 37.0 Å².